The fourth-order valence-electron chi connectivity index (χ4n) is 5.80. The molecule has 3 aromatic carbocycles. The van der Waals surface area contributed by atoms with E-state index in [0.29, 0.717) is 0 Å². The van der Waals surface area contributed by atoms with Crippen LogP contribution in [0.25, 0.3) is 0 Å². The van der Waals surface area contributed by atoms with Crippen molar-refractivity contribution in [3.8, 4) is 0 Å². The number of aryl methyl sites for hydroxylation is 1. The van der Waals surface area contributed by atoms with Crippen molar-refractivity contribution in [1.82, 2.24) is 29.4 Å². The van der Waals surface area contributed by atoms with Crippen LogP contribution in [0.4, 0.5) is 5.69 Å². The lowest BCUT2D eigenvalue weighted by atomic mass is 10.1. The summed E-state index contributed by atoms with van der Waals surface area (Å²) in [5.41, 5.74) is 5.43. The van der Waals surface area contributed by atoms with Gasteiger partial charge in [0.1, 0.15) is 0 Å². The SMILES string of the molecule is CN1CCN(Cc2ccc(Cl)cc2)CC1.CN1CCN(Cc2ccc([N+](=O)[O-])cc2)CC1.Cc1ccc(CN2CCN(C)CC2)cc1. The van der Waals surface area contributed by atoms with Gasteiger partial charge in [0.25, 0.3) is 5.69 Å². The molecule has 3 fully saturated rings. The molecule has 0 aromatic heterocycles. The lowest BCUT2D eigenvalue weighted by Gasteiger charge is -2.32. The summed E-state index contributed by atoms with van der Waals surface area (Å²) < 4.78 is 0. The number of nitro groups is 1. The molecule has 3 aliphatic heterocycles. The highest BCUT2D eigenvalue weighted by Gasteiger charge is 2.16. The van der Waals surface area contributed by atoms with E-state index in [1.807, 2.05) is 24.3 Å². The minimum Gasteiger partial charge on any atom is -0.304 e. The van der Waals surface area contributed by atoms with Crippen LogP contribution in [0.15, 0.2) is 72.8 Å². The molecule has 0 radical (unpaired) electrons. The van der Waals surface area contributed by atoms with Crippen LogP contribution in [0.2, 0.25) is 5.02 Å². The Morgan fingerprint density at radius 3 is 1.15 bits per heavy atom. The largest absolute Gasteiger partial charge is 0.304 e. The molecule has 0 bridgehead atoms. The van der Waals surface area contributed by atoms with Crippen molar-refractivity contribution in [3.63, 3.8) is 0 Å². The van der Waals surface area contributed by atoms with E-state index in [-0.39, 0.29) is 10.6 Å². The standard InChI is InChI=1S/C13H20N2.C12H17ClN2.C12H17N3O2/c1-12-3-5-13(6-4-12)11-15-9-7-14(2)8-10-15;1-14-6-8-15(9-7-14)10-11-2-4-12(13)5-3-11;1-13-6-8-14(9-7-13)10-11-2-4-12(5-3-11)15(16)17/h3-6H,7-11H2,1-2H3;2-5H,6-10H2,1H3;2-5H,6-10H2,1H3. The molecule has 10 heteroatoms. The molecular formula is C37H54ClN7O2. The second-order valence-electron chi connectivity index (χ2n) is 13.3. The molecule has 47 heavy (non-hydrogen) atoms. The van der Waals surface area contributed by atoms with E-state index in [1.54, 1.807) is 12.1 Å². The van der Waals surface area contributed by atoms with Crippen LogP contribution in [0.3, 0.4) is 0 Å². The summed E-state index contributed by atoms with van der Waals surface area (Å²) in [5, 5.41) is 11.3. The Morgan fingerprint density at radius 1 is 0.532 bits per heavy atom. The van der Waals surface area contributed by atoms with Crippen molar-refractivity contribution in [2.45, 2.75) is 26.6 Å². The molecular weight excluding hydrogens is 610 g/mol. The molecule has 256 valence electrons. The van der Waals surface area contributed by atoms with Gasteiger partial charge in [-0.25, -0.2) is 0 Å². The third-order valence-corrected chi connectivity index (χ3v) is 9.44. The van der Waals surface area contributed by atoms with Crippen molar-refractivity contribution in [2.24, 2.45) is 0 Å². The van der Waals surface area contributed by atoms with Gasteiger partial charge < -0.3 is 14.7 Å². The molecule has 3 aromatic rings. The van der Waals surface area contributed by atoms with E-state index in [9.17, 15) is 10.1 Å². The van der Waals surface area contributed by atoms with Gasteiger partial charge in [0, 0.05) is 115 Å². The summed E-state index contributed by atoms with van der Waals surface area (Å²) in [6.07, 6.45) is 0. The van der Waals surface area contributed by atoms with Crippen LogP contribution in [-0.2, 0) is 19.6 Å². The van der Waals surface area contributed by atoms with E-state index >= 15 is 0 Å². The first kappa shape index (κ1) is 36.9. The van der Waals surface area contributed by atoms with Crippen molar-refractivity contribution < 1.29 is 4.92 Å². The number of hydrogen-bond donors (Lipinski definition) is 0. The third kappa shape index (κ3) is 13.6. The number of likely N-dealkylation sites (N-methyl/N-ethyl adjacent to an activating group) is 3. The van der Waals surface area contributed by atoms with Crippen molar-refractivity contribution >= 4 is 17.3 Å². The third-order valence-electron chi connectivity index (χ3n) is 9.19. The number of hydrogen-bond acceptors (Lipinski definition) is 8. The molecule has 3 aliphatic rings. The van der Waals surface area contributed by atoms with Gasteiger partial charge in [0.05, 0.1) is 4.92 Å². The number of nitrogens with zero attached hydrogens (tertiary/aromatic N) is 7. The highest BCUT2D eigenvalue weighted by Crippen LogP contribution is 2.15. The highest BCUT2D eigenvalue weighted by molar-refractivity contribution is 6.30. The average Bonchev–Trinajstić information content (AvgIpc) is 3.07. The molecule has 0 saturated carbocycles. The van der Waals surface area contributed by atoms with E-state index < -0.39 is 0 Å². The topological polar surface area (TPSA) is 62.6 Å². The summed E-state index contributed by atoms with van der Waals surface area (Å²) in [7, 11) is 6.51. The van der Waals surface area contributed by atoms with Gasteiger partial charge in [0.15, 0.2) is 0 Å². The number of rotatable bonds is 7. The van der Waals surface area contributed by atoms with Gasteiger partial charge in [0.2, 0.25) is 0 Å². The Hall–Kier alpha value is -2.89. The first-order valence-corrected chi connectivity index (χ1v) is 17.3. The normalized spacial score (nSPS) is 18.9. The molecule has 0 spiro atoms. The number of nitro benzene ring substituents is 1. The Labute approximate surface area is 287 Å². The van der Waals surface area contributed by atoms with Crippen molar-refractivity contribution in [2.75, 3.05) is 99.7 Å². The van der Waals surface area contributed by atoms with Crippen molar-refractivity contribution in [1.29, 1.82) is 0 Å². The number of halogens is 1. The molecule has 0 atom stereocenters. The van der Waals surface area contributed by atoms with Crippen LogP contribution in [0.1, 0.15) is 22.3 Å². The minimum absolute atomic E-state index is 0.159. The first-order chi connectivity index (χ1) is 22.6. The predicted molar refractivity (Wildman–Crippen MR) is 194 cm³/mol. The highest BCUT2D eigenvalue weighted by atomic mass is 35.5. The van der Waals surface area contributed by atoms with Crippen LogP contribution in [0.5, 0.6) is 0 Å². The summed E-state index contributed by atoms with van der Waals surface area (Å²) in [6, 6.07) is 23.9. The Balaban J connectivity index is 0.000000160. The number of non-ortho nitro benzene ring substituents is 1. The fraction of sp³-hybridized carbons (Fsp3) is 0.514. The molecule has 0 N–H and O–H groups in total. The van der Waals surface area contributed by atoms with E-state index in [2.05, 4.69) is 93.9 Å². The summed E-state index contributed by atoms with van der Waals surface area (Å²) in [5.74, 6) is 0. The van der Waals surface area contributed by atoms with Crippen LogP contribution >= 0.6 is 11.6 Å². The van der Waals surface area contributed by atoms with Crippen molar-refractivity contribution in [3.05, 3.63) is 110 Å². The van der Waals surface area contributed by atoms with Gasteiger partial charge >= 0.3 is 0 Å². The Kier molecular flexibility index (Phi) is 15.1. The Bertz CT molecular complexity index is 1250. The van der Waals surface area contributed by atoms with E-state index in [0.717, 1.165) is 56.4 Å². The second kappa shape index (κ2) is 19.2. The molecule has 6 rings (SSSR count). The zero-order valence-corrected chi connectivity index (χ0v) is 29.6. The summed E-state index contributed by atoms with van der Waals surface area (Å²) in [4.78, 5) is 24.6. The smallest absolute Gasteiger partial charge is 0.269 e. The zero-order valence-electron chi connectivity index (χ0n) is 28.9. The number of piperazine rings is 3. The van der Waals surface area contributed by atoms with Gasteiger partial charge in [-0.2, -0.15) is 0 Å². The summed E-state index contributed by atoms with van der Waals surface area (Å²) >= 11 is 5.85. The van der Waals surface area contributed by atoms with Crippen LogP contribution in [0, 0.1) is 17.0 Å². The quantitative estimate of drug-likeness (QED) is 0.254. The fourth-order valence-corrected chi connectivity index (χ4v) is 5.92. The minimum atomic E-state index is -0.361. The van der Waals surface area contributed by atoms with Gasteiger partial charge in [-0.1, -0.05) is 65.7 Å². The maximum Gasteiger partial charge on any atom is 0.269 e. The molecule has 3 heterocycles. The molecule has 0 unspecified atom stereocenters. The average molecular weight is 664 g/mol. The second-order valence-corrected chi connectivity index (χ2v) is 13.7. The number of benzene rings is 3. The lowest BCUT2D eigenvalue weighted by Crippen LogP contribution is -2.43. The molecule has 0 amide bonds. The maximum absolute atomic E-state index is 10.5. The van der Waals surface area contributed by atoms with E-state index in [1.165, 1.54) is 69.0 Å². The van der Waals surface area contributed by atoms with Gasteiger partial charge in [-0.15, -0.1) is 0 Å². The monoisotopic (exact) mass is 663 g/mol. The van der Waals surface area contributed by atoms with Gasteiger partial charge in [-0.3, -0.25) is 24.8 Å². The van der Waals surface area contributed by atoms with E-state index in [4.69, 9.17) is 11.6 Å². The maximum atomic E-state index is 10.5. The molecule has 3 saturated heterocycles. The molecule has 9 nitrogen and oxygen atoms in total. The summed E-state index contributed by atoms with van der Waals surface area (Å²) in [6.45, 7) is 19.0. The predicted octanol–water partition coefficient (Wildman–Crippen LogP) is 5.17. The van der Waals surface area contributed by atoms with Crippen LogP contribution in [-0.4, -0.2) is 134 Å². The zero-order chi connectivity index (χ0) is 33.6. The first-order valence-electron chi connectivity index (χ1n) is 16.9. The van der Waals surface area contributed by atoms with Crippen LogP contribution < -0.4 is 0 Å². The molecule has 0 aliphatic carbocycles. The lowest BCUT2D eigenvalue weighted by molar-refractivity contribution is -0.384. The Morgan fingerprint density at radius 2 is 0.830 bits per heavy atom. The van der Waals surface area contributed by atoms with Gasteiger partial charge in [-0.05, 0) is 56.9 Å².